The molecule has 19 heavy (non-hydrogen) atoms. The van der Waals surface area contributed by atoms with Crippen LogP contribution in [0.4, 0.5) is 10.5 Å². The summed E-state index contributed by atoms with van der Waals surface area (Å²) in [5.74, 6) is 0. The average molecular weight is 266 g/mol. The lowest BCUT2D eigenvalue weighted by molar-refractivity contribution is 0.119. The van der Waals surface area contributed by atoms with Gasteiger partial charge in [-0.3, -0.25) is 0 Å². The van der Waals surface area contributed by atoms with Gasteiger partial charge in [0.2, 0.25) is 0 Å². The Kier molecular flexibility index (Phi) is 6.32. The first kappa shape index (κ1) is 15.5. The maximum absolute atomic E-state index is 12.0. The van der Waals surface area contributed by atoms with Crippen molar-refractivity contribution in [3.63, 3.8) is 0 Å². The number of nitrogens with zero attached hydrogens (tertiary/aromatic N) is 1. The average Bonchev–Trinajstić information content (AvgIpc) is 2.43. The van der Waals surface area contributed by atoms with E-state index in [1.54, 1.807) is 12.0 Å². The molecule has 0 spiro atoms. The van der Waals surface area contributed by atoms with Crippen LogP contribution < -0.4 is 5.32 Å². The SMILES string of the molecule is CCN(CCO)C(=O)Nc1cccc(C(C)OC)c1. The molecule has 1 rings (SSSR count). The molecule has 106 valence electrons. The highest BCUT2D eigenvalue weighted by atomic mass is 16.5. The number of likely N-dealkylation sites (N-methyl/N-ethyl adjacent to an activating group) is 1. The summed E-state index contributed by atoms with van der Waals surface area (Å²) < 4.78 is 5.25. The van der Waals surface area contributed by atoms with Crippen LogP contribution in [-0.4, -0.2) is 42.8 Å². The van der Waals surface area contributed by atoms with Gasteiger partial charge in [0.15, 0.2) is 0 Å². The van der Waals surface area contributed by atoms with Crippen molar-refractivity contribution in [3.8, 4) is 0 Å². The van der Waals surface area contributed by atoms with Crippen molar-refractivity contribution in [2.45, 2.75) is 20.0 Å². The van der Waals surface area contributed by atoms with Crippen LogP contribution in [0.3, 0.4) is 0 Å². The predicted molar refractivity (Wildman–Crippen MR) is 75.2 cm³/mol. The molecule has 1 aromatic carbocycles. The third kappa shape index (κ3) is 4.54. The predicted octanol–water partition coefficient (Wildman–Crippen LogP) is 2.24. The summed E-state index contributed by atoms with van der Waals surface area (Å²) in [5, 5.41) is 11.7. The Morgan fingerprint density at radius 1 is 1.53 bits per heavy atom. The second kappa shape index (κ2) is 7.76. The topological polar surface area (TPSA) is 61.8 Å². The number of hydrogen-bond acceptors (Lipinski definition) is 3. The second-order valence-corrected chi connectivity index (χ2v) is 4.24. The molecule has 0 aliphatic heterocycles. The zero-order valence-corrected chi connectivity index (χ0v) is 11.7. The van der Waals surface area contributed by atoms with Crippen molar-refractivity contribution in [1.29, 1.82) is 0 Å². The van der Waals surface area contributed by atoms with Crippen molar-refractivity contribution in [3.05, 3.63) is 29.8 Å². The van der Waals surface area contributed by atoms with E-state index in [4.69, 9.17) is 9.84 Å². The Morgan fingerprint density at radius 3 is 2.84 bits per heavy atom. The minimum Gasteiger partial charge on any atom is -0.395 e. The molecule has 0 bridgehead atoms. The molecular weight excluding hydrogens is 244 g/mol. The van der Waals surface area contributed by atoms with Gasteiger partial charge >= 0.3 is 6.03 Å². The maximum atomic E-state index is 12.0. The van der Waals surface area contributed by atoms with E-state index in [0.29, 0.717) is 13.1 Å². The lowest BCUT2D eigenvalue weighted by atomic mass is 10.1. The van der Waals surface area contributed by atoms with E-state index < -0.39 is 0 Å². The van der Waals surface area contributed by atoms with Crippen LogP contribution in [-0.2, 0) is 4.74 Å². The van der Waals surface area contributed by atoms with Gasteiger partial charge in [-0.1, -0.05) is 12.1 Å². The zero-order chi connectivity index (χ0) is 14.3. The van der Waals surface area contributed by atoms with Crippen LogP contribution in [0.2, 0.25) is 0 Å². The third-order valence-corrected chi connectivity index (χ3v) is 3.00. The van der Waals surface area contributed by atoms with E-state index in [1.807, 2.05) is 38.1 Å². The van der Waals surface area contributed by atoms with Crippen LogP contribution in [0.1, 0.15) is 25.5 Å². The molecule has 0 saturated heterocycles. The van der Waals surface area contributed by atoms with E-state index in [9.17, 15) is 4.79 Å². The number of aliphatic hydroxyl groups is 1. The molecule has 5 nitrogen and oxygen atoms in total. The molecule has 0 heterocycles. The van der Waals surface area contributed by atoms with Crippen molar-refractivity contribution in [2.75, 3.05) is 32.1 Å². The first-order valence-corrected chi connectivity index (χ1v) is 6.41. The summed E-state index contributed by atoms with van der Waals surface area (Å²) in [6.07, 6.45) is -0.0171. The number of carbonyl (C=O) groups is 1. The molecule has 5 heteroatoms. The molecule has 0 aliphatic rings. The van der Waals surface area contributed by atoms with Crippen molar-refractivity contribution < 1.29 is 14.6 Å². The lowest BCUT2D eigenvalue weighted by Gasteiger charge is -2.20. The first-order valence-electron chi connectivity index (χ1n) is 6.41. The number of ether oxygens (including phenoxy) is 1. The third-order valence-electron chi connectivity index (χ3n) is 3.00. The minimum atomic E-state index is -0.209. The highest BCUT2D eigenvalue weighted by molar-refractivity contribution is 5.89. The fraction of sp³-hybridized carbons (Fsp3) is 0.500. The largest absolute Gasteiger partial charge is 0.395 e. The smallest absolute Gasteiger partial charge is 0.321 e. The quantitative estimate of drug-likeness (QED) is 0.830. The van der Waals surface area contributed by atoms with Crippen LogP contribution in [0.15, 0.2) is 24.3 Å². The normalized spacial score (nSPS) is 12.0. The van der Waals surface area contributed by atoms with Crippen LogP contribution in [0.25, 0.3) is 0 Å². The summed E-state index contributed by atoms with van der Waals surface area (Å²) in [5.41, 5.74) is 1.73. The molecule has 1 atom stereocenters. The second-order valence-electron chi connectivity index (χ2n) is 4.24. The molecule has 1 unspecified atom stereocenters. The van der Waals surface area contributed by atoms with Gasteiger partial charge in [-0.05, 0) is 31.5 Å². The zero-order valence-electron chi connectivity index (χ0n) is 11.7. The molecular formula is C14H22N2O3. The van der Waals surface area contributed by atoms with Crippen molar-refractivity contribution in [2.24, 2.45) is 0 Å². The number of anilines is 1. The van der Waals surface area contributed by atoms with E-state index >= 15 is 0 Å². The first-order chi connectivity index (χ1) is 9.12. The Bertz CT molecular complexity index is 409. The number of benzene rings is 1. The Balaban J connectivity index is 2.73. The number of hydrogen-bond donors (Lipinski definition) is 2. The van der Waals surface area contributed by atoms with Gasteiger partial charge in [0, 0.05) is 25.9 Å². The highest BCUT2D eigenvalue weighted by Gasteiger charge is 2.11. The van der Waals surface area contributed by atoms with E-state index in [2.05, 4.69) is 5.32 Å². The minimum absolute atomic E-state index is 0.0171. The Labute approximate surface area is 114 Å². The van der Waals surface area contributed by atoms with Crippen molar-refractivity contribution in [1.82, 2.24) is 4.90 Å². The molecule has 0 radical (unpaired) electrons. The number of amides is 2. The Hall–Kier alpha value is -1.59. The number of methoxy groups -OCH3 is 1. The van der Waals surface area contributed by atoms with Crippen molar-refractivity contribution >= 4 is 11.7 Å². The number of urea groups is 1. The standard InChI is InChI=1S/C14H22N2O3/c1-4-16(8-9-17)14(18)15-13-7-5-6-12(10-13)11(2)19-3/h5-7,10-11,17H,4,8-9H2,1-3H3,(H,15,18). The molecule has 0 aliphatic carbocycles. The van der Waals surface area contributed by atoms with Gasteiger partial charge < -0.3 is 20.1 Å². The maximum Gasteiger partial charge on any atom is 0.321 e. The van der Waals surface area contributed by atoms with Crippen LogP contribution in [0.5, 0.6) is 0 Å². The summed E-state index contributed by atoms with van der Waals surface area (Å²) in [6.45, 7) is 4.67. The van der Waals surface area contributed by atoms with Gasteiger partial charge in [0.05, 0.1) is 12.7 Å². The van der Waals surface area contributed by atoms with E-state index in [1.165, 1.54) is 0 Å². The molecule has 0 aromatic heterocycles. The van der Waals surface area contributed by atoms with Gasteiger partial charge in [0.1, 0.15) is 0 Å². The molecule has 0 fully saturated rings. The van der Waals surface area contributed by atoms with Gasteiger partial charge in [-0.2, -0.15) is 0 Å². The van der Waals surface area contributed by atoms with E-state index in [0.717, 1.165) is 11.3 Å². The number of carbonyl (C=O) groups excluding carboxylic acids is 1. The summed E-state index contributed by atoms with van der Waals surface area (Å²) in [7, 11) is 1.65. The van der Waals surface area contributed by atoms with Crippen LogP contribution >= 0.6 is 0 Å². The summed E-state index contributed by atoms with van der Waals surface area (Å²) in [6, 6.07) is 7.34. The monoisotopic (exact) mass is 266 g/mol. The molecule has 1 aromatic rings. The van der Waals surface area contributed by atoms with Gasteiger partial charge in [-0.25, -0.2) is 4.79 Å². The fourth-order valence-electron chi connectivity index (χ4n) is 1.73. The van der Waals surface area contributed by atoms with Gasteiger partial charge in [-0.15, -0.1) is 0 Å². The number of nitrogens with one attached hydrogen (secondary N) is 1. The fourth-order valence-corrected chi connectivity index (χ4v) is 1.73. The number of rotatable bonds is 6. The Morgan fingerprint density at radius 2 is 2.26 bits per heavy atom. The molecule has 2 amide bonds. The van der Waals surface area contributed by atoms with Gasteiger partial charge in [0.25, 0.3) is 0 Å². The highest BCUT2D eigenvalue weighted by Crippen LogP contribution is 2.19. The summed E-state index contributed by atoms with van der Waals surface area (Å²) >= 11 is 0. The summed E-state index contributed by atoms with van der Waals surface area (Å²) in [4.78, 5) is 13.5. The van der Waals surface area contributed by atoms with E-state index in [-0.39, 0.29) is 18.7 Å². The lowest BCUT2D eigenvalue weighted by Crippen LogP contribution is -2.36. The molecule has 2 N–H and O–H groups in total. The van der Waals surface area contributed by atoms with Crippen LogP contribution in [0, 0.1) is 0 Å². The molecule has 0 saturated carbocycles. The number of aliphatic hydroxyl groups excluding tert-OH is 1.